The first-order valence-corrected chi connectivity index (χ1v) is 11.3. The van der Waals surface area contributed by atoms with Gasteiger partial charge in [-0.25, -0.2) is 0 Å². The molecule has 0 bridgehead atoms. The van der Waals surface area contributed by atoms with E-state index in [2.05, 4.69) is 15.7 Å². The number of likely N-dealkylation sites (N-methyl/N-ethyl adjacent to an activating group) is 1. The second-order valence-corrected chi connectivity index (χ2v) is 9.34. The first kappa shape index (κ1) is 22.3. The lowest BCUT2D eigenvalue weighted by molar-refractivity contribution is -0.133. The number of nitrogens with one attached hydrogen (secondary N) is 2. The summed E-state index contributed by atoms with van der Waals surface area (Å²) in [6.07, 6.45) is 5.31. The molecule has 0 saturated heterocycles. The molecule has 170 valence electrons. The van der Waals surface area contributed by atoms with Crippen LogP contribution < -0.4 is 10.6 Å². The van der Waals surface area contributed by atoms with Crippen LogP contribution in [0.4, 0.5) is 5.69 Å². The molecule has 3 amide bonds. The van der Waals surface area contributed by atoms with Crippen molar-refractivity contribution in [3.63, 3.8) is 0 Å². The second kappa shape index (κ2) is 8.58. The summed E-state index contributed by atoms with van der Waals surface area (Å²) < 4.78 is 1.46. The molecule has 2 aromatic rings. The van der Waals surface area contributed by atoms with Gasteiger partial charge < -0.3 is 15.5 Å². The van der Waals surface area contributed by atoms with Crippen molar-refractivity contribution in [2.45, 2.75) is 64.1 Å². The van der Waals surface area contributed by atoms with E-state index in [1.807, 2.05) is 13.0 Å². The molecule has 1 saturated carbocycles. The molecule has 1 aromatic heterocycles. The van der Waals surface area contributed by atoms with Gasteiger partial charge in [0.2, 0.25) is 5.91 Å². The topological polar surface area (TPSA) is 96.3 Å². The van der Waals surface area contributed by atoms with Crippen LogP contribution in [0.5, 0.6) is 0 Å². The first-order valence-electron chi connectivity index (χ1n) is 10.9. The van der Waals surface area contributed by atoms with Gasteiger partial charge in [0.15, 0.2) is 5.69 Å². The van der Waals surface area contributed by atoms with Crippen molar-refractivity contribution in [2.75, 3.05) is 12.4 Å². The summed E-state index contributed by atoms with van der Waals surface area (Å²) in [7, 11) is 1.62. The number of benzene rings is 1. The number of fused-ring (bicyclic) bond motifs is 1. The number of carbonyl (C=O) groups is 3. The Bertz CT molecular complexity index is 1080. The average molecular weight is 458 g/mol. The fraction of sp³-hybridized carbons (Fsp3) is 0.478. The van der Waals surface area contributed by atoms with Crippen LogP contribution >= 0.6 is 11.6 Å². The van der Waals surface area contributed by atoms with Gasteiger partial charge in [0.1, 0.15) is 11.2 Å². The standard InChI is InChI=1S/C23H28ClN5O3/c1-14-9-10-16(11-17(14)24)25-20(30)18-12-19-21(31)28(3)23(2,13-29(19)27-18)22(32)26-15-7-5-4-6-8-15/h9-12,15H,4-8,13H2,1-3H3,(H,25,30)(H,26,32)/t23-/m0/s1. The predicted molar refractivity (Wildman–Crippen MR) is 122 cm³/mol. The number of anilines is 1. The molecule has 9 heteroatoms. The Morgan fingerprint density at radius 1 is 1.19 bits per heavy atom. The van der Waals surface area contributed by atoms with Gasteiger partial charge in [-0.15, -0.1) is 0 Å². The average Bonchev–Trinajstić information content (AvgIpc) is 3.19. The largest absolute Gasteiger partial charge is 0.351 e. The lowest BCUT2D eigenvalue weighted by Crippen LogP contribution is -2.63. The molecule has 1 aliphatic heterocycles. The van der Waals surface area contributed by atoms with Crippen LogP contribution in [-0.2, 0) is 11.3 Å². The summed E-state index contributed by atoms with van der Waals surface area (Å²) in [4.78, 5) is 40.4. The van der Waals surface area contributed by atoms with E-state index >= 15 is 0 Å². The van der Waals surface area contributed by atoms with Crippen LogP contribution in [0.15, 0.2) is 24.3 Å². The summed E-state index contributed by atoms with van der Waals surface area (Å²) in [6.45, 7) is 3.79. The molecule has 1 atom stereocenters. The summed E-state index contributed by atoms with van der Waals surface area (Å²) >= 11 is 6.13. The number of carbonyl (C=O) groups excluding carboxylic acids is 3. The normalized spacial score (nSPS) is 21.2. The monoisotopic (exact) mass is 457 g/mol. The van der Waals surface area contributed by atoms with Gasteiger partial charge in [-0.05, 0) is 44.4 Å². The van der Waals surface area contributed by atoms with Crippen molar-refractivity contribution in [2.24, 2.45) is 0 Å². The molecule has 8 nitrogen and oxygen atoms in total. The molecule has 2 heterocycles. The van der Waals surface area contributed by atoms with E-state index < -0.39 is 11.4 Å². The smallest absolute Gasteiger partial charge is 0.276 e. The molecular formula is C23H28ClN5O3. The predicted octanol–water partition coefficient (Wildman–Crippen LogP) is 3.39. The van der Waals surface area contributed by atoms with Crippen molar-refractivity contribution in [1.29, 1.82) is 0 Å². The van der Waals surface area contributed by atoms with Gasteiger partial charge >= 0.3 is 0 Å². The molecular weight excluding hydrogens is 430 g/mol. The molecule has 4 rings (SSSR count). The molecule has 1 aromatic carbocycles. The Hall–Kier alpha value is -2.87. The van der Waals surface area contributed by atoms with Crippen LogP contribution in [0, 0.1) is 6.92 Å². The fourth-order valence-electron chi connectivity index (χ4n) is 4.29. The number of aryl methyl sites for hydroxylation is 1. The molecule has 0 radical (unpaired) electrons. The zero-order valence-electron chi connectivity index (χ0n) is 18.6. The van der Waals surface area contributed by atoms with E-state index in [9.17, 15) is 14.4 Å². The molecule has 1 aliphatic carbocycles. The van der Waals surface area contributed by atoms with Gasteiger partial charge in [-0.1, -0.05) is 36.9 Å². The van der Waals surface area contributed by atoms with Gasteiger partial charge in [0.05, 0.1) is 6.54 Å². The minimum absolute atomic E-state index is 0.107. The lowest BCUT2D eigenvalue weighted by atomic mass is 9.92. The summed E-state index contributed by atoms with van der Waals surface area (Å²) in [5.74, 6) is -0.986. The van der Waals surface area contributed by atoms with Gasteiger partial charge in [-0.3, -0.25) is 19.1 Å². The molecule has 2 aliphatic rings. The van der Waals surface area contributed by atoms with Crippen molar-refractivity contribution < 1.29 is 14.4 Å². The van der Waals surface area contributed by atoms with Gasteiger partial charge in [-0.2, -0.15) is 5.10 Å². The zero-order valence-corrected chi connectivity index (χ0v) is 19.3. The maximum absolute atomic E-state index is 13.2. The van der Waals surface area contributed by atoms with Crippen LogP contribution in [0.3, 0.4) is 0 Å². The van der Waals surface area contributed by atoms with Crippen LogP contribution in [0.1, 0.15) is 65.6 Å². The number of rotatable bonds is 4. The van der Waals surface area contributed by atoms with Crippen molar-refractivity contribution >= 4 is 35.0 Å². The molecule has 32 heavy (non-hydrogen) atoms. The van der Waals surface area contributed by atoms with Crippen LogP contribution in [-0.4, -0.2) is 51.0 Å². The highest BCUT2D eigenvalue weighted by Gasteiger charge is 2.46. The maximum atomic E-state index is 13.2. The third kappa shape index (κ3) is 4.11. The Morgan fingerprint density at radius 2 is 1.91 bits per heavy atom. The quantitative estimate of drug-likeness (QED) is 0.735. The highest BCUT2D eigenvalue weighted by molar-refractivity contribution is 6.31. The summed E-state index contributed by atoms with van der Waals surface area (Å²) in [6, 6.07) is 6.82. The zero-order chi connectivity index (χ0) is 23.0. The van der Waals surface area contributed by atoms with Crippen LogP contribution in [0.25, 0.3) is 0 Å². The van der Waals surface area contributed by atoms with E-state index in [4.69, 9.17) is 11.6 Å². The van der Waals surface area contributed by atoms with Crippen molar-refractivity contribution in [1.82, 2.24) is 20.0 Å². The minimum Gasteiger partial charge on any atom is -0.351 e. The van der Waals surface area contributed by atoms with Crippen molar-refractivity contribution in [3.8, 4) is 0 Å². The van der Waals surface area contributed by atoms with Crippen molar-refractivity contribution in [3.05, 3.63) is 46.2 Å². The fourth-order valence-corrected chi connectivity index (χ4v) is 4.47. The maximum Gasteiger partial charge on any atom is 0.276 e. The van der Waals surface area contributed by atoms with E-state index in [-0.39, 0.29) is 35.8 Å². The lowest BCUT2D eigenvalue weighted by Gasteiger charge is -2.41. The second-order valence-electron chi connectivity index (χ2n) is 8.94. The molecule has 0 spiro atoms. The first-order chi connectivity index (χ1) is 15.2. The third-order valence-corrected chi connectivity index (χ3v) is 7.00. The highest BCUT2D eigenvalue weighted by atomic mass is 35.5. The van der Waals surface area contributed by atoms with Gasteiger partial charge in [0.25, 0.3) is 11.8 Å². The molecule has 2 N–H and O–H groups in total. The Balaban J connectivity index is 1.53. The number of amides is 3. The highest BCUT2D eigenvalue weighted by Crippen LogP contribution is 2.28. The third-order valence-electron chi connectivity index (χ3n) is 6.59. The van der Waals surface area contributed by atoms with Crippen LogP contribution in [0.2, 0.25) is 5.02 Å². The number of nitrogens with zero attached hydrogens (tertiary/aromatic N) is 3. The number of aromatic nitrogens is 2. The number of hydrogen-bond acceptors (Lipinski definition) is 4. The van der Waals surface area contributed by atoms with E-state index in [1.165, 1.54) is 22.1 Å². The summed E-state index contributed by atoms with van der Waals surface area (Å²) in [5.41, 5.74) is 0.738. The number of halogens is 1. The number of hydrogen-bond donors (Lipinski definition) is 2. The van der Waals surface area contributed by atoms with E-state index in [1.54, 1.807) is 26.1 Å². The Labute approximate surface area is 192 Å². The molecule has 0 unspecified atom stereocenters. The summed E-state index contributed by atoms with van der Waals surface area (Å²) in [5, 5.41) is 10.8. The van der Waals surface area contributed by atoms with Gasteiger partial charge in [0, 0.05) is 29.9 Å². The van der Waals surface area contributed by atoms with E-state index in [0.29, 0.717) is 10.7 Å². The van der Waals surface area contributed by atoms with E-state index in [0.717, 1.165) is 31.2 Å². The molecule has 1 fully saturated rings. The Kier molecular flexibility index (Phi) is 5.99. The SMILES string of the molecule is Cc1ccc(NC(=O)c2cc3n(n2)C[C@@](C)(C(=O)NC2CCCCC2)N(C)C3=O)cc1Cl. The minimum atomic E-state index is -1.09. The Morgan fingerprint density at radius 3 is 2.59 bits per heavy atom.